The number of benzene rings is 2. The van der Waals surface area contributed by atoms with E-state index in [9.17, 15) is 9.59 Å². The van der Waals surface area contributed by atoms with Gasteiger partial charge in [-0.25, -0.2) is 9.97 Å². The number of nitrogens with one attached hydrogen (secondary N) is 2. The molecule has 0 spiro atoms. The summed E-state index contributed by atoms with van der Waals surface area (Å²) in [4.78, 5) is 33.6. The zero-order chi connectivity index (χ0) is 25.8. The van der Waals surface area contributed by atoms with Gasteiger partial charge in [-0.1, -0.05) is 18.2 Å². The van der Waals surface area contributed by atoms with E-state index in [4.69, 9.17) is 9.47 Å². The Balaban J connectivity index is 1.38. The molecule has 0 radical (unpaired) electrons. The van der Waals surface area contributed by atoms with Crippen molar-refractivity contribution in [2.24, 2.45) is 0 Å². The zero-order valence-electron chi connectivity index (χ0n) is 19.9. The van der Waals surface area contributed by atoms with Crippen molar-refractivity contribution >= 4 is 33.4 Å². The molecule has 188 valence electrons. The van der Waals surface area contributed by atoms with Gasteiger partial charge in [-0.3, -0.25) is 14.3 Å². The van der Waals surface area contributed by atoms with Crippen molar-refractivity contribution in [1.82, 2.24) is 25.1 Å². The number of amides is 2. The lowest BCUT2D eigenvalue weighted by molar-refractivity contribution is -0.118. The van der Waals surface area contributed by atoms with E-state index in [1.165, 1.54) is 0 Å². The lowest BCUT2D eigenvalue weighted by Crippen LogP contribution is -2.35. The molecular formula is C26H23BrN6O4. The Morgan fingerprint density at radius 3 is 2.76 bits per heavy atom. The molecule has 0 unspecified atom stereocenters. The molecule has 1 aliphatic rings. The number of ether oxygens (including phenoxy) is 2. The second-order valence-electron chi connectivity index (χ2n) is 8.08. The molecule has 11 heteroatoms. The SMILES string of the molecule is CCOc1cc(-c2nccc(-c3cc4n(n3)CCNC4=O)n2)cc(Br)c1OCC(=O)Nc1ccccc1. The van der Waals surface area contributed by atoms with E-state index in [-0.39, 0.29) is 18.4 Å². The number of halogens is 1. The first kappa shape index (κ1) is 24.4. The maximum Gasteiger partial charge on any atom is 0.269 e. The predicted octanol–water partition coefficient (Wildman–Crippen LogP) is 3.93. The Kier molecular flexibility index (Phi) is 7.13. The van der Waals surface area contributed by atoms with Crippen LogP contribution in [0.1, 0.15) is 17.4 Å². The van der Waals surface area contributed by atoms with Gasteiger partial charge in [0.05, 0.1) is 23.3 Å². The van der Waals surface area contributed by atoms with Crippen molar-refractivity contribution in [3.05, 3.63) is 71.0 Å². The number of rotatable bonds is 8. The van der Waals surface area contributed by atoms with Gasteiger partial charge in [0.25, 0.3) is 11.8 Å². The van der Waals surface area contributed by atoms with Crippen LogP contribution in [0.3, 0.4) is 0 Å². The van der Waals surface area contributed by atoms with Crippen LogP contribution < -0.4 is 20.1 Å². The average Bonchev–Trinajstić information content (AvgIpc) is 3.35. The van der Waals surface area contributed by atoms with Crippen LogP contribution in [0.4, 0.5) is 5.69 Å². The van der Waals surface area contributed by atoms with Gasteiger partial charge in [-0.05, 0) is 59.3 Å². The van der Waals surface area contributed by atoms with Gasteiger partial charge < -0.3 is 20.1 Å². The number of fused-ring (bicyclic) bond motifs is 1. The first-order valence-electron chi connectivity index (χ1n) is 11.7. The minimum atomic E-state index is -0.294. The zero-order valence-corrected chi connectivity index (χ0v) is 21.5. The maximum atomic E-state index is 12.4. The summed E-state index contributed by atoms with van der Waals surface area (Å²) in [5, 5.41) is 10.1. The molecule has 2 N–H and O–H groups in total. The van der Waals surface area contributed by atoms with E-state index in [1.54, 1.807) is 47.3 Å². The summed E-state index contributed by atoms with van der Waals surface area (Å²) in [7, 11) is 0. The molecule has 2 amide bonds. The van der Waals surface area contributed by atoms with Crippen molar-refractivity contribution in [3.63, 3.8) is 0 Å². The second-order valence-corrected chi connectivity index (χ2v) is 8.93. The molecular weight excluding hydrogens is 540 g/mol. The predicted molar refractivity (Wildman–Crippen MR) is 140 cm³/mol. The third kappa shape index (κ3) is 5.46. The van der Waals surface area contributed by atoms with Crippen LogP contribution in [0.15, 0.2) is 65.3 Å². The first-order chi connectivity index (χ1) is 18.0. The van der Waals surface area contributed by atoms with Crippen LogP contribution in [0, 0.1) is 0 Å². The fraction of sp³-hybridized carbons (Fsp3) is 0.192. The standard InChI is InChI=1S/C26H23BrN6O4/c1-2-36-22-13-16(12-18(27)24(22)37-15-23(34)30-17-6-4-3-5-7-17)25-28-9-8-19(31-25)20-14-21-26(35)29-10-11-33(21)32-20/h3-9,12-14H,2,10-11,15H2,1H3,(H,29,35)(H,30,34). The van der Waals surface area contributed by atoms with Crippen molar-refractivity contribution in [2.75, 3.05) is 25.1 Å². The molecule has 0 fully saturated rings. The Labute approximate surface area is 221 Å². The molecule has 0 atom stereocenters. The molecule has 37 heavy (non-hydrogen) atoms. The Hall–Kier alpha value is -4.25. The lowest BCUT2D eigenvalue weighted by Gasteiger charge is -2.15. The highest BCUT2D eigenvalue weighted by Gasteiger charge is 2.21. The van der Waals surface area contributed by atoms with Crippen LogP contribution in [0.2, 0.25) is 0 Å². The Morgan fingerprint density at radius 1 is 1.14 bits per heavy atom. The minimum Gasteiger partial charge on any atom is -0.490 e. The van der Waals surface area contributed by atoms with E-state index in [0.29, 0.717) is 69.8 Å². The highest BCUT2D eigenvalue weighted by atomic mass is 79.9. The number of aromatic nitrogens is 4. The molecule has 2 aromatic carbocycles. The van der Waals surface area contributed by atoms with Gasteiger partial charge >= 0.3 is 0 Å². The van der Waals surface area contributed by atoms with Crippen LogP contribution >= 0.6 is 15.9 Å². The second kappa shape index (κ2) is 10.8. The van der Waals surface area contributed by atoms with E-state index in [1.807, 2.05) is 25.1 Å². The number of nitrogens with zero attached hydrogens (tertiary/aromatic N) is 4. The molecule has 3 heterocycles. The Morgan fingerprint density at radius 2 is 1.97 bits per heavy atom. The summed E-state index contributed by atoms with van der Waals surface area (Å²) in [6.07, 6.45) is 1.64. The highest BCUT2D eigenvalue weighted by Crippen LogP contribution is 2.39. The summed E-state index contributed by atoms with van der Waals surface area (Å²) in [6, 6.07) is 16.2. The summed E-state index contributed by atoms with van der Waals surface area (Å²) < 4.78 is 13.9. The number of hydrogen-bond acceptors (Lipinski definition) is 7. The van der Waals surface area contributed by atoms with Crippen LogP contribution in [0.5, 0.6) is 11.5 Å². The number of carbonyl (C=O) groups is 2. The molecule has 5 rings (SSSR count). The molecule has 2 aromatic heterocycles. The molecule has 10 nitrogen and oxygen atoms in total. The van der Waals surface area contributed by atoms with Gasteiger partial charge in [0.15, 0.2) is 23.9 Å². The monoisotopic (exact) mass is 562 g/mol. The molecule has 4 aromatic rings. The van der Waals surface area contributed by atoms with Crippen molar-refractivity contribution < 1.29 is 19.1 Å². The van der Waals surface area contributed by atoms with Crippen LogP contribution in [-0.2, 0) is 11.3 Å². The summed E-state index contributed by atoms with van der Waals surface area (Å²) in [5.41, 5.74) is 3.04. The molecule has 0 saturated heterocycles. The fourth-order valence-electron chi connectivity index (χ4n) is 3.86. The third-order valence-electron chi connectivity index (χ3n) is 5.51. The van der Waals surface area contributed by atoms with Crippen molar-refractivity contribution in [2.45, 2.75) is 13.5 Å². The normalized spacial score (nSPS) is 12.4. The van der Waals surface area contributed by atoms with Crippen LogP contribution in [-0.4, -0.2) is 51.3 Å². The average molecular weight is 563 g/mol. The van der Waals surface area contributed by atoms with Gasteiger partial charge in [-0.15, -0.1) is 0 Å². The summed E-state index contributed by atoms with van der Waals surface area (Å²) >= 11 is 3.54. The molecule has 1 aliphatic heterocycles. The maximum absolute atomic E-state index is 12.4. The van der Waals surface area contributed by atoms with E-state index >= 15 is 0 Å². The smallest absolute Gasteiger partial charge is 0.269 e. The van der Waals surface area contributed by atoms with Gasteiger partial charge in [0.2, 0.25) is 0 Å². The van der Waals surface area contributed by atoms with Gasteiger partial charge in [-0.2, -0.15) is 5.10 Å². The Bertz CT molecular complexity index is 1460. The van der Waals surface area contributed by atoms with Gasteiger partial charge in [0.1, 0.15) is 11.4 Å². The molecule has 0 saturated carbocycles. The highest BCUT2D eigenvalue weighted by molar-refractivity contribution is 9.10. The number of anilines is 1. The molecule has 0 bridgehead atoms. The number of para-hydroxylation sites is 1. The van der Waals surface area contributed by atoms with E-state index in [2.05, 4.69) is 41.6 Å². The first-order valence-corrected chi connectivity index (χ1v) is 12.4. The fourth-order valence-corrected chi connectivity index (χ4v) is 4.41. The van der Waals surface area contributed by atoms with Crippen molar-refractivity contribution in [3.8, 4) is 34.3 Å². The van der Waals surface area contributed by atoms with E-state index in [0.717, 1.165) is 0 Å². The third-order valence-corrected chi connectivity index (χ3v) is 6.10. The van der Waals surface area contributed by atoms with E-state index < -0.39 is 0 Å². The largest absolute Gasteiger partial charge is 0.490 e. The van der Waals surface area contributed by atoms with Crippen molar-refractivity contribution in [1.29, 1.82) is 0 Å². The topological polar surface area (TPSA) is 120 Å². The quantitative estimate of drug-likeness (QED) is 0.333. The van der Waals surface area contributed by atoms with Gasteiger partial charge in [0, 0.05) is 24.0 Å². The summed E-state index contributed by atoms with van der Waals surface area (Å²) in [6.45, 7) is 3.20. The number of carbonyl (C=O) groups excluding carboxylic acids is 2. The molecule has 0 aliphatic carbocycles. The van der Waals surface area contributed by atoms with Crippen LogP contribution in [0.25, 0.3) is 22.8 Å². The minimum absolute atomic E-state index is 0.155. The summed E-state index contributed by atoms with van der Waals surface area (Å²) in [5.74, 6) is 0.845. The lowest BCUT2D eigenvalue weighted by atomic mass is 10.1. The number of hydrogen-bond donors (Lipinski definition) is 2.